The van der Waals surface area contributed by atoms with E-state index >= 15 is 0 Å². The molecule has 1 N–H and O–H groups in total. The van der Waals surface area contributed by atoms with Gasteiger partial charge in [-0.2, -0.15) is 0 Å². The van der Waals surface area contributed by atoms with E-state index in [1.54, 1.807) is 30.4 Å². The summed E-state index contributed by atoms with van der Waals surface area (Å²) in [6, 6.07) is 13.3. The smallest absolute Gasteiger partial charge is 0.140 e. The fraction of sp³-hybridized carbons (Fsp3) is 0.188. The topological polar surface area (TPSA) is 42.4 Å². The Bertz CT molecular complexity index is 737. The van der Waals surface area contributed by atoms with Gasteiger partial charge in [0, 0.05) is 0 Å². The zero-order chi connectivity index (χ0) is 14.8. The summed E-state index contributed by atoms with van der Waals surface area (Å²) in [4.78, 5) is 4.51. The molecular weight excluding hydrogens is 306 g/mol. The van der Waals surface area contributed by atoms with Crippen molar-refractivity contribution < 1.29 is 9.84 Å². The van der Waals surface area contributed by atoms with Crippen LogP contribution in [0.25, 0.3) is 10.2 Å². The lowest BCUT2D eigenvalue weighted by molar-refractivity contribution is 0.199. The lowest BCUT2D eigenvalue weighted by Crippen LogP contribution is -1.97. The van der Waals surface area contributed by atoms with Crippen molar-refractivity contribution in [3.63, 3.8) is 0 Å². The molecule has 5 heteroatoms. The van der Waals surface area contributed by atoms with Gasteiger partial charge >= 0.3 is 0 Å². The molecule has 1 atom stereocenters. The summed E-state index contributed by atoms with van der Waals surface area (Å²) >= 11 is 7.78. The van der Waals surface area contributed by atoms with Crippen molar-refractivity contribution in [2.24, 2.45) is 0 Å². The summed E-state index contributed by atoms with van der Waals surface area (Å²) in [6.45, 7) is 2.08. The Hall–Kier alpha value is -1.62. The van der Waals surface area contributed by atoms with Gasteiger partial charge < -0.3 is 9.84 Å². The van der Waals surface area contributed by atoms with Gasteiger partial charge in [-0.3, -0.25) is 0 Å². The van der Waals surface area contributed by atoms with E-state index in [0.717, 1.165) is 20.8 Å². The van der Waals surface area contributed by atoms with Crippen LogP contribution in [0, 0.1) is 0 Å². The van der Waals surface area contributed by atoms with Crippen LogP contribution in [0.3, 0.4) is 0 Å². The van der Waals surface area contributed by atoms with Crippen LogP contribution in [0.15, 0.2) is 42.5 Å². The summed E-state index contributed by atoms with van der Waals surface area (Å²) < 4.78 is 6.87. The van der Waals surface area contributed by atoms with Gasteiger partial charge in [0.15, 0.2) is 0 Å². The molecule has 108 valence electrons. The van der Waals surface area contributed by atoms with Crippen LogP contribution in [0.1, 0.15) is 23.6 Å². The van der Waals surface area contributed by atoms with Crippen LogP contribution in [-0.2, 0) is 6.61 Å². The van der Waals surface area contributed by atoms with Crippen molar-refractivity contribution in [2.75, 3.05) is 0 Å². The molecule has 0 spiro atoms. The number of benzene rings is 2. The number of aliphatic hydroxyl groups excluding tert-OH is 1. The van der Waals surface area contributed by atoms with E-state index in [-0.39, 0.29) is 0 Å². The molecule has 0 unspecified atom stereocenters. The van der Waals surface area contributed by atoms with E-state index < -0.39 is 6.10 Å². The molecule has 1 heterocycles. The first kappa shape index (κ1) is 14.3. The second-order valence-corrected chi connectivity index (χ2v) is 6.25. The molecule has 2 aromatic carbocycles. The standard InChI is InChI=1S/C16H14ClNO2S/c1-10(19)11-6-7-14(12(17)8-11)20-9-16-18-13-4-2-3-5-15(13)21-16/h2-8,10,19H,9H2,1H3/t10-/m1/s1. The summed E-state index contributed by atoms with van der Waals surface area (Å²) in [5.74, 6) is 0.598. The van der Waals surface area contributed by atoms with Gasteiger partial charge in [-0.25, -0.2) is 4.98 Å². The maximum Gasteiger partial charge on any atom is 0.140 e. The Morgan fingerprint density at radius 3 is 2.81 bits per heavy atom. The third-order valence-corrected chi connectivity index (χ3v) is 4.43. The third kappa shape index (κ3) is 3.18. The first-order valence-corrected chi connectivity index (χ1v) is 7.77. The van der Waals surface area contributed by atoms with E-state index in [0.29, 0.717) is 17.4 Å². The molecule has 0 aliphatic carbocycles. The lowest BCUT2D eigenvalue weighted by atomic mass is 10.1. The molecule has 0 radical (unpaired) electrons. The first-order chi connectivity index (χ1) is 10.1. The summed E-state index contributed by atoms with van der Waals surface area (Å²) in [6.07, 6.45) is -0.541. The van der Waals surface area contributed by atoms with Gasteiger partial charge in [-0.15, -0.1) is 11.3 Å². The molecule has 0 aliphatic rings. The van der Waals surface area contributed by atoms with Crippen molar-refractivity contribution in [3.05, 3.63) is 58.1 Å². The largest absolute Gasteiger partial charge is 0.485 e. The Morgan fingerprint density at radius 2 is 2.10 bits per heavy atom. The highest BCUT2D eigenvalue weighted by Gasteiger charge is 2.08. The minimum absolute atomic E-state index is 0.382. The molecular formula is C16H14ClNO2S. The van der Waals surface area contributed by atoms with Crippen LogP contribution in [0.5, 0.6) is 5.75 Å². The average molecular weight is 320 g/mol. The molecule has 0 bridgehead atoms. The van der Waals surface area contributed by atoms with Crippen molar-refractivity contribution in [2.45, 2.75) is 19.6 Å². The van der Waals surface area contributed by atoms with Gasteiger partial charge in [-0.05, 0) is 36.8 Å². The van der Waals surface area contributed by atoms with Crippen molar-refractivity contribution in [3.8, 4) is 5.75 Å². The molecule has 3 nitrogen and oxygen atoms in total. The van der Waals surface area contributed by atoms with Crippen molar-refractivity contribution in [1.82, 2.24) is 4.98 Å². The molecule has 0 fully saturated rings. The molecule has 0 amide bonds. The summed E-state index contributed by atoms with van der Waals surface area (Å²) in [5, 5.41) is 10.9. The van der Waals surface area contributed by atoms with Crippen LogP contribution < -0.4 is 4.74 Å². The van der Waals surface area contributed by atoms with Gasteiger partial charge in [-0.1, -0.05) is 29.8 Å². The molecule has 0 saturated heterocycles. The predicted octanol–water partition coefficient (Wildman–Crippen LogP) is 4.58. The lowest BCUT2D eigenvalue weighted by Gasteiger charge is -2.09. The predicted molar refractivity (Wildman–Crippen MR) is 86.0 cm³/mol. The second-order valence-electron chi connectivity index (χ2n) is 4.73. The number of rotatable bonds is 4. The average Bonchev–Trinajstić information content (AvgIpc) is 2.88. The van der Waals surface area contributed by atoms with E-state index in [9.17, 15) is 5.11 Å². The van der Waals surface area contributed by atoms with Crippen LogP contribution in [0.2, 0.25) is 5.02 Å². The van der Waals surface area contributed by atoms with Gasteiger partial charge in [0.25, 0.3) is 0 Å². The van der Waals surface area contributed by atoms with Crippen LogP contribution >= 0.6 is 22.9 Å². The normalized spacial score (nSPS) is 12.5. The molecule has 21 heavy (non-hydrogen) atoms. The molecule has 0 saturated carbocycles. The Balaban J connectivity index is 1.75. The van der Waals surface area contributed by atoms with E-state index in [2.05, 4.69) is 4.98 Å². The Morgan fingerprint density at radius 1 is 1.29 bits per heavy atom. The number of para-hydroxylation sites is 1. The van der Waals surface area contributed by atoms with E-state index in [4.69, 9.17) is 16.3 Å². The number of aliphatic hydroxyl groups is 1. The fourth-order valence-corrected chi connectivity index (χ4v) is 3.14. The highest BCUT2D eigenvalue weighted by molar-refractivity contribution is 7.18. The number of halogens is 1. The Labute approximate surface area is 131 Å². The molecule has 3 rings (SSSR count). The number of ether oxygens (including phenoxy) is 1. The Kier molecular flexibility index (Phi) is 4.10. The minimum Gasteiger partial charge on any atom is -0.485 e. The number of aromatic nitrogens is 1. The van der Waals surface area contributed by atoms with Crippen LogP contribution in [0.4, 0.5) is 0 Å². The van der Waals surface area contributed by atoms with Gasteiger partial charge in [0.05, 0.1) is 21.3 Å². The fourth-order valence-electron chi connectivity index (χ4n) is 2.02. The number of hydrogen-bond donors (Lipinski definition) is 1. The highest BCUT2D eigenvalue weighted by atomic mass is 35.5. The van der Waals surface area contributed by atoms with Crippen LogP contribution in [-0.4, -0.2) is 10.1 Å². The number of fused-ring (bicyclic) bond motifs is 1. The zero-order valence-corrected chi connectivity index (χ0v) is 13.0. The SMILES string of the molecule is C[C@@H](O)c1ccc(OCc2nc3ccccc3s2)c(Cl)c1. The first-order valence-electron chi connectivity index (χ1n) is 6.58. The van der Waals surface area contributed by atoms with Gasteiger partial charge in [0.1, 0.15) is 17.4 Å². The maximum atomic E-state index is 9.52. The third-order valence-electron chi connectivity index (χ3n) is 3.13. The van der Waals surface area contributed by atoms with Gasteiger partial charge in [0.2, 0.25) is 0 Å². The van der Waals surface area contributed by atoms with Crippen molar-refractivity contribution >= 4 is 33.2 Å². The van der Waals surface area contributed by atoms with E-state index in [1.807, 2.05) is 30.3 Å². The number of hydrogen-bond acceptors (Lipinski definition) is 4. The highest BCUT2D eigenvalue weighted by Crippen LogP contribution is 2.29. The minimum atomic E-state index is -0.541. The molecule has 1 aromatic heterocycles. The maximum absolute atomic E-state index is 9.52. The second kappa shape index (κ2) is 6.02. The number of thiazole rings is 1. The van der Waals surface area contributed by atoms with E-state index in [1.165, 1.54) is 0 Å². The quantitative estimate of drug-likeness (QED) is 0.765. The van der Waals surface area contributed by atoms with Crippen molar-refractivity contribution in [1.29, 1.82) is 0 Å². The monoisotopic (exact) mass is 319 g/mol. The molecule has 0 aliphatic heterocycles. The summed E-state index contributed by atoms with van der Waals surface area (Å²) in [5.41, 5.74) is 1.75. The number of nitrogens with zero attached hydrogens (tertiary/aromatic N) is 1. The zero-order valence-electron chi connectivity index (χ0n) is 11.4. The molecule has 3 aromatic rings. The summed E-state index contributed by atoms with van der Waals surface area (Å²) in [7, 11) is 0.